The Balaban J connectivity index is 1.73. The number of carbonyl (C=O) groups is 1. The van der Waals surface area contributed by atoms with E-state index in [4.69, 9.17) is 9.47 Å². The number of ether oxygens (including phenoxy) is 2. The number of hydrogen-bond acceptors (Lipinski definition) is 3. The van der Waals surface area contributed by atoms with Crippen molar-refractivity contribution in [2.24, 2.45) is 4.99 Å². The number of amides is 1. The smallest absolute Gasteiger partial charge is 0.247 e. The number of pyridine rings is 1. The molecule has 0 radical (unpaired) electrons. The van der Waals surface area contributed by atoms with Crippen LogP contribution in [0.25, 0.3) is 0 Å². The van der Waals surface area contributed by atoms with E-state index in [1.165, 1.54) is 11.1 Å². The lowest BCUT2D eigenvalue weighted by Gasteiger charge is -2.09. The van der Waals surface area contributed by atoms with Gasteiger partial charge in [0.25, 0.3) is 0 Å². The minimum Gasteiger partial charge on any atom is -0.497 e. The van der Waals surface area contributed by atoms with E-state index >= 15 is 0 Å². The Kier molecular flexibility index (Phi) is 6.85. The van der Waals surface area contributed by atoms with E-state index in [1.807, 2.05) is 47.2 Å². The lowest BCUT2D eigenvalue weighted by molar-refractivity contribution is -0.118. The normalized spacial score (nSPS) is 11.3. The number of benzene rings is 2. The molecule has 5 nitrogen and oxygen atoms in total. The second-order valence-electron chi connectivity index (χ2n) is 6.90. The molecule has 3 rings (SSSR count). The maximum absolute atomic E-state index is 12.5. The van der Waals surface area contributed by atoms with Crippen LogP contribution in [-0.4, -0.2) is 24.7 Å². The number of carbonyl (C=O) groups excluding carboxylic acids is 1. The first-order valence-corrected chi connectivity index (χ1v) is 9.58. The molecular formula is C24H26N2O3. The van der Waals surface area contributed by atoms with Crippen LogP contribution in [0.4, 0.5) is 0 Å². The Morgan fingerprint density at radius 1 is 0.931 bits per heavy atom. The fourth-order valence-electron chi connectivity index (χ4n) is 3.04. The summed E-state index contributed by atoms with van der Waals surface area (Å²) in [6.07, 6.45) is 2.83. The van der Waals surface area contributed by atoms with Crippen molar-refractivity contribution in [2.45, 2.75) is 26.3 Å². The minimum absolute atomic E-state index is 0.157. The molecule has 0 aliphatic heterocycles. The van der Waals surface area contributed by atoms with Crippen LogP contribution < -0.4 is 15.0 Å². The summed E-state index contributed by atoms with van der Waals surface area (Å²) < 4.78 is 12.6. The van der Waals surface area contributed by atoms with Crippen LogP contribution in [0.1, 0.15) is 23.1 Å². The fraction of sp³-hybridized carbons (Fsp3) is 0.250. The minimum atomic E-state index is -0.157. The van der Waals surface area contributed by atoms with E-state index in [-0.39, 0.29) is 5.91 Å². The molecule has 150 valence electrons. The van der Waals surface area contributed by atoms with Gasteiger partial charge in [0.05, 0.1) is 14.2 Å². The Morgan fingerprint density at radius 2 is 1.62 bits per heavy atom. The average molecular weight is 390 g/mol. The van der Waals surface area contributed by atoms with Crippen molar-refractivity contribution in [1.82, 2.24) is 4.57 Å². The van der Waals surface area contributed by atoms with Gasteiger partial charge in [-0.25, -0.2) is 0 Å². The Hall–Kier alpha value is -3.34. The molecule has 0 aliphatic carbocycles. The summed E-state index contributed by atoms with van der Waals surface area (Å²) in [5.74, 6) is 1.26. The maximum Gasteiger partial charge on any atom is 0.247 e. The second kappa shape index (κ2) is 9.73. The third-order valence-corrected chi connectivity index (χ3v) is 4.67. The van der Waals surface area contributed by atoms with Crippen molar-refractivity contribution in [3.8, 4) is 11.5 Å². The number of rotatable bonds is 7. The second-order valence-corrected chi connectivity index (χ2v) is 6.90. The number of methoxy groups -OCH3 is 2. The van der Waals surface area contributed by atoms with Crippen LogP contribution in [0.3, 0.4) is 0 Å². The van der Waals surface area contributed by atoms with Crippen LogP contribution in [0.15, 0.2) is 71.9 Å². The number of aryl methyl sites for hydroxylation is 2. The van der Waals surface area contributed by atoms with Gasteiger partial charge in [-0.3, -0.25) is 4.79 Å². The van der Waals surface area contributed by atoms with E-state index in [2.05, 4.69) is 36.2 Å². The summed E-state index contributed by atoms with van der Waals surface area (Å²) in [5.41, 5.74) is 4.02. The molecular weight excluding hydrogens is 364 g/mol. The first kappa shape index (κ1) is 20.4. The highest BCUT2D eigenvalue weighted by Crippen LogP contribution is 2.23. The summed E-state index contributed by atoms with van der Waals surface area (Å²) in [4.78, 5) is 16.8. The third kappa shape index (κ3) is 5.82. The number of aromatic nitrogens is 1. The van der Waals surface area contributed by atoms with E-state index in [0.29, 0.717) is 36.4 Å². The van der Waals surface area contributed by atoms with Crippen molar-refractivity contribution >= 4 is 5.91 Å². The van der Waals surface area contributed by atoms with E-state index < -0.39 is 0 Å². The van der Waals surface area contributed by atoms with Gasteiger partial charge in [-0.15, -0.1) is 0 Å². The lowest BCUT2D eigenvalue weighted by Crippen LogP contribution is -2.22. The molecule has 3 aromatic rings. The predicted molar refractivity (Wildman–Crippen MR) is 113 cm³/mol. The molecule has 0 fully saturated rings. The molecule has 0 unspecified atom stereocenters. The first-order valence-electron chi connectivity index (χ1n) is 9.58. The molecule has 0 atom stereocenters. The topological polar surface area (TPSA) is 52.8 Å². The van der Waals surface area contributed by atoms with Crippen molar-refractivity contribution < 1.29 is 14.3 Å². The predicted octanol–water partition coefficient (Wildman–Crippen LogP) is 3.92. The third-order valence-electron chi connectivity index (χ3n) is 4.67. The zero-order valence-electron chi connectivity index (χ0n) is 17.1. The van der Waals surface area contributed by atoms with E-state index in [1.54, 1.807) is 14.2 Å². The summed E-state index contributed by atoms with van der Waals surface area (Å²) in [5, 5.41) is 0. The Bertz CT molecular complexity index is 1010. The Labute approximate surface area is 171 Å². The molecule has 1 heterocycles. The highest BCUT2D eigenvalue weighted by Gasteiger charge is 2.06. The van der Waals surface area contributed by atoms with Gasteiger partial charge in [0.2, 0.25) is 5.91 Å². The molecule has 0 bridgehead atoms. The highest BCUT2D eigenvalue weighted by molar-refractivity contribution is 5.77. The van der Waals surface area contributed by atoms with Crippen LogP contribution in [0.5, 0.6) is 11.5 Å². The number of nitrogens with zero attached hydrogens (tertiary/aromatic N) is 2. The molecule has 2 aromatic carbocycles. The van der Waals surface area contributed by atoms with Crippen LogP contribution in [-0.2, 0) is 17.8 Å². The van der Waals surface area contributed by atoms with Crippen molar-refractivity contribution in [3.63, 3.8) is 0 Å². The number of hydrogen-bond donors (Lipinski definition) is 0. The molecule has 1 amide bonds. The van der Waals surface area contributed by atoms with Crippen LogP contribution >= 0.6 is 0 Å². The van der Waals surface area contributed by atoms with Gasteiger partial charge < -0.3 is 14.0 Å². The van der Waals surface area contributed by atoms with Gasteiger partial charge in [-0.2, -0.15) is 4.99 Å². The Morgan fingerprint density at radius 3 is 2.28 bits per heavy atom. The van der Waals surface area contributed by atoms with Gasteiger partial charge >= 0.3 is 0 Å². The average Bonchev–Trinajstić information content (AvgIpc) is 2.75. The van der Waals surface area contributed by atoms with Gasteiger partial charge in [-0.1, -0.05) is 35.9 Å². The molecule has 0 aliphatic rings. The van der Waals surface area contributed by atoms with E-state index in [9.17, 15) is 4.79 Å². The fourth-order valence-corrected chi connectivity index (χ4v) is 3.04. The van der Waals surface area contributed by atoms with Crippen LogP contribution in [0.2, 0.25) is 0 Å². The molecule has 0 spiro atoms. The molecule has 0 saturated heterocycles. The standard InChI is InChI=1S/C24H26N2O3/c1-18-7-9-19(10-8-18)17-26-13-5-4-6-23(26)25-24(27)12-11-20-14-21(28-2)16-22(15-20)29-3/h4-10,13-16H,11-12,17H2,1-3H3. The molecule has 29 heavy (non-hydrogen) atoms. The SMILES string of the molecule is COc1cc(CCC(=O)N=c2ccccn2Cc2ccc(C)cc2)cc(OC)c1. The molecule has 0 saturated carbocycles. The van der Waals surface area contributed by atoms with E-state index in [0.717, 1.165) is 5.56 Å². The first-order chi connectivity index (χ1) is 14.1. The quantitative estimate of drug-likeness (QED) is 0.614. The van der Waals surface area contributed by atoms with Crippen molar-refractivity contribution in [3.05, 3.63) is 89.0 Å². The van der Waals surface area contributed by atoms with Crippen molar-refractivity contribution in [2.75, 3.05) is 14.2 Å². The zero-order valence-corrected chi connectivity index (χ0v) is 17.1. The van der Waals surface area contributed by atoms with Gasteiger partial charge in [0.15, 0.2) is 0 Å². The monoisotopic (exact) mass is 390 g/mol. The lowest BCUT2D eigenvalue weighted by atomic mass is 10.1. The van der Waals surface area contributed by atoms with Gasteiger partial charge in [0.1, 0.15) is 17.0 Å². The maximum atomic E-state index is 12.5. The van der Waals surface area contributed by atoms with Crippen LogP contribution in [0, 0.1) is 6.92 Å². The highest BCUT2D eigenvalue weighted by atomic mass is 16.5. The van der Waals surface area contributed by atoms with Gasteiger partial charge in [-0.05, 0) is 48.7 Å². The summed E-state index contributed by atoms with van der Waals surface area (Å²) in [6.45, 7) is 2.73. The largest absolute Gasteiger partial charge is 0.497 e. The summed E-state index contributed by atoms with van der Waals surface area (Å²) in [7, 11) is 3.22. The molecule has 1 aromatic heterocycles. The molecule has 0 N–H and O–H groups in total. The van der Waals surface area contributed by atoms with Gasteiger partial charge in [0, 0.05) is 25.2 Å². The molecule has 5 heteroatoms. The summed E-state index contributed by atoms with van der Waals surface area (Å²) >= 11 is 0. The van der Waals surface area contributed by atoms with Crippen molar-refractivity contribution in [1.29, 1.82) is 0 Å². The zero-order chi connectivity index (χ0) is 20.6. The summed E-state index contributed by atoms with van der Waals surface area (Å²) in [6, 6.07) is 19.7.